The van der Waals surface area contributed by atoms with Crippen molar-refractivity contribution in [2.45, 2.75) is 0 Å². The summed E-state index contributed by atoms with van der Waals surface area (Å²) in [6.45, 7) is 0. The summed E-state index contributed by atoms with van der Waals surface area (Å²) >= 11 is 3.20. The van der Waals surface area contributed by atoms with Crippen LogP contribution in [-0.2, 0) is 7.05 Å². The van der Waals surface area contributed by atoms with E-state index in [9.17, 15) is 4.79 Å². The molecule has 0 spiro atoms. The molecular formula is C11H8BrN5O2. The van der Waals surface area contributed by atoms with Crippen LogP contribution in [0.25, 0.3) is 17.2 Å². The van der Waals surface area contributed by atoms with Crippen molar-refractivity contribution >= 4 is 27.7 Å². The predicted molar refractivity (Wildman–Crippen MR) is 69.8 cm³/mol. The van der Waals surface area contributed by atoms with Crippen molar-refractivity contribution in [2.24, 2.45) is 7.05 Å². The molecule has 1 N–H and O–H groups in total. The summed E-state index contributed by atoms with van der Waals surface area (Å²) in [5.41, 5.74) is 0.825. The molecule has 7 nitrogen and oxygen atoms in total. The molecule has 0 saturated heterocycles. The smallest absolute Gasteiger partial charge is 0.357 e. The molecule has 3 rings (SSSR count). The fourth-order valence-electron chi connectivity index (χ4n) is 1.83. The van der Waals surface area contributed by atoms with Gasteiger partial charge in [0.05, 0.1) is 0 Å². The van der Waals surface area contributed by atoms with Crippen LogP contribution < -0.4 is 0 Å². The zero-order chi connectivity index (χ0) is 13.6. The number of halogens is 1. The highest BCUT2D eigenvalue weighted by atomic mass is 79.9. The lowest BCUT2D eigenvalue weighted by Gasteiger charge is -1.99. The number of carboxylic acid groups (broad SMARTS) is 1. The molecule has 3 heterocycles. The summed E-state index contributed by atoms with van der Waals surface area (Å²) in [6.07, 6.45) is 3.34. The van der Waals surface area contributed by atoms with Gasteiger partial charge in [0.1, 0.15) is 4.60 Å². The first-order valence-electron chi connectivity index (χ1n) is 5.34. The van der Waals surface area contributed by atoms with Gasteiger partial charge in [0.2, 0.25) is 5.78 Å². The molecular weight excluding hydrogens is 314 g/mol. The van der Waals surface area contributed by atoms with Crippen LogP contribution in [0.15, 0.2) is 29.1 Å². The second kappa shape index (κ2) is 4.16. The van der Waals surface area contributed by atoms with Gasteiger partial charge >= 0.3 is 5.97 Å². The van der Waals surface area contributed by atoms with Crippen LogP contribution >= 0.6 is 15.9 Å². The number of nitrogens with zero attached hydrogens (tertiary/aromatic N) is 5. The number of carbonyl (C=O) groups is 1. The van der Waals surface area contributed by atoms with E-state index in [1.807, 2.05) is 12.1 Å². The maximum Gasteiger partial charge on any atom is 0.357 e. The molecule has 0 aliphatic carbocycles. The molecule has 0 atom stereocenters. The van der Waals surface area contributed by atoms with Crippen LogP contribution in [0.2, 0.25) is 0 Å². The third-order valence-corrected chi connectivity index (χ3v) is 3.45. The second-order valence-electron chi connectivity index (χ2n) is 3.89. The Hall–Kier alpha value is -2.22. The quantitative estimate of drug-likeness (QED) is 0.774. The predicted octanol–water partition coefficient (Wildman–Crippen LogP) is 1.59. The molecule has 0 radical (unpaired) electrons. The number of aromatic carboxylic acids is 1. The van der Waals surface area contributed by atoms with E-state index in [0.29, 0.717) is 16.2 Å². The molecule has 19 heavy (non-hydrogen) atoms. The van der Waals surface area contributed by atoms with Crippen molar-refractivity contribution in [1.82, 2.24) is 24.1 Å². The molecule has 0 saturated carbocycles. The van der Waals surface area contributed by atoms with E-state index in [0.717, 1.165) is 5.56 Å². The normalized spacial score (nSPS) is 11.1. The van der Waals surface area contributed by atoms with E-state index >= 15 is 0 Å². The molecule has 0 unspecified atom stereocenters. The van der Waals surface area contributed by atoms with Gasteiger partial charge in [-0.2, -0.15) is 4.52 Å². The van der Waals surface area contributed by atoms with Crippen molar-refractivity contribution in [3.63, 3.8) is 0 Å². The zero-order valence-electron chi connectivity index (χ0n) is 9.78. The summed E-state index contributed by atoms with van der Waals surface area (Å²) in [5.74, 6) is 0.0430. The van der Waals surface area contributed by atoms with Gasteiger partial charge < -0.3 is 5.11 Å². The summed E-state index contributed by atoms with van der Waals surface area (Å²) in [6, 6.07) is 3.65. The molecule has 0 bridgehead atoms. The lowest BCUT2D eigenvalue weighted by Crippen LogP contribution is -2.00. The molecule has 0 aliphatic rings. The fourth-order valence-corrected chi connectivity index (χ4v) is 2.33. The Morgan fingerprint density at radius 1 is 1.37 bits per heavy atom. The number of hydrogen-bond acceptors (Lipinski definition) is 4. The van der Waals surface area contributed by atoms with E-state index in [-0.39, 0.29) is 5.69 Å². The number of aryl methyl sites for hydroxylation is 1. The fraction of sp³-hybridized carbons (Fsp3) is 0.0909. The number of carboxylic acids is 1. The number of pyridine rings is 1. The Morgan fingerprint density at radius 3 is 2.63 bits per heavy atom. The SMILES string of the molecule is Cn1c(-c2ccncc2)nn2c(Br)c(C(=O)O)nc12. The maximum absolute atomic E-state index is 11.0. The number of hydrogen-bond donors (Lipinski definition) is 1. The van der Waals surface area contributed by atoms with Crippen molar-refractivity contribution in [3.05, 3.63) is 34.8 Å². The minimum absolute atomic E-state index is 0.0561. The van der Waals surface area contributed by atoms with Crippen LogP contribution in [0.1, 0.15) is 10.5 Å². The van der Waals surface area contributed by atoms with Crippen molar-refractivity contribution in [2.75, 3.05) is 0 Å². The maximum atomic E-state index is 11.0. The van der Waals surface area contributed by atoms with Gasteiger partial charge in [-0.05, 0) is 28.1 Å². The molecule has 0 amide bonds. The summed E-state index contributed by atoms with van der Waals surface area (Å²) < 4.78 is 3.51. The Labute approximate surface area is 115 Å². The number of fused-ring (bicyclic) bond motifs is 1. The summed E-state index contributed by atoms with van der Waals surface area (Å²) in [5, 5.41) is 13.4. The van der Waals surface area contributed by atoms with Crippen LogP contribution in [0.3, 0.4) is 0 Å². The molecule has 96 valence electrons. The lowest BCUT2D eigenvalue weighted by molar-refractivity contribution is 0.0690. The number of rotatable bonds is 2. The van der Waals surface area contributed by atoms with Crippen LogP contribution in [0.5, 0.6) is 0 Å². The number of aromatic nitrogens is 5. The minimum Gasteiger partial charge on any atom is -0.476 e. The Kier molecular flexibility index (Phi) is 2.59. The van der Waals surface area contributed by atoms with Crippen LogP contribution in [0.4, 0.5) is 0 Å². The molecule has 3 aromatic rings. The van der Waals surface area contributed by atoms with E-state index in [2.05, 4.69) is 31.0 Å². The lowest BCUT2D eigenvalue weighted by atomic mass is 10.2. The Bertz CT molecular complexity index is 777. The molecule has 0 aromatic carbocycles. The van der Waals surface area contributed by atoms with E-state index in [1.165, 1.54) is 4.52 Å². The van der Waals surface area contributed by atoms with Gasteiger partial charge in [-0.15, -0.1) is 5.10 Å². The molecule has 3 aromatic heterocycles. The van der Waals surface area contributed by atoms with Gasteiger partial charge in [-0.3, -0.25) is 9.55 Å². The van der Waals surface area contributed by atoms with E-state index in [4.69, 9.17) is 5.11 Å². The van der Waals surface area contributed by atoms with Gasteiger partial charge in [0, 0.05) is 25.0 Å². The first kappa shape index (κ1) is 11.8. The highest BCUT2D eigenvalue weighted by Crippen LogP contribution is 2.23. The first-order chi connectivity index (χ1) is 9.09. The van der Waals surface area contributed by atoms with Gasteiger partial charge in [0.15, 0.2) is 11.5 Å². The van der Waals surface area contributed by atoms with Crippen molar-refractivity contribution in [3.8, 4) is 11.4 Å². The number of imidazole rings is 1. The first-order valence-corrected chi connectivity index (χ1v) is 6.13. The average molecular weight is 322 g/mol. The molecule has 0 aliphatic heterocycles. The zero-order valence-corrected chi connectivity index (χ0v) is 11.4. The Balaban J connectivity index is 2.26. The van der Waals surface area contributed by atoms with Crippen molar-refractivity contribution < 1.29 is 9.90 Å². The Morgan fingerprint density at radius 2 is 2.05 bits per heavy atom. The average Bonchev–Trinajstić information content (AvgIpc) is 2.90. The van der Waals surface area contributed by atoms with Crippen LogP contribution in [0, 0.1) is 0 Å². The highest BCUT2D eigenvalue weighted by Gasteiger charge is 2.21. The minimum atomic E-state index is -1.09. The third kappa shape index (κ3) is 1.72. The largest absolute Gasteiger partial charge is 0.476 e. The molecule has 8 heteroatoms. The van der Waals surface area contributed by atoms with E-state index < -0.39 is 5.97 Å². The third-order valence-electron chi connectivity index (χ3n) is 2.74. The summed E-state index contributed by atoms with van der Waals surface area (Å²) in [7, 11) is 1.78. The summed E-state index contributed by atoms with van der Waals surface area (Å²) in [4.78, 5) is 19.0. The van der Waals surface area contributed by atoms with E-state index in [1.54, 1.807) is 24.0 Å². The standard InChI is InChI=1S/C11H8BrN5O2/c1-16-9(6-2-4-13-5-3-6)15-17-8(12)7(10(18)19)14-11(16)17/h2-5H,1H3,(H,18,19). The van der Waals surface area contributed by atoms with Crippen LogP contribution in [-0.4, -0.2) is 35.2 Å². The van der Waals surface area contributed by atoms with Gasteiger partial charge in [-0.1, -0.05) is 0 Å². The van der Waals surface area contributed by atoms with Gasteiger partial charge in [-0.25, -0.2) is 9.78 Å². The second-order valence-corrected chi connectivity index (χ2v) is 4.64. The van der Waals surface area contributed by atoms with Crippen molar-refractivity contribution in [1.29, 1.82) is 0 Å². The van der Waals surface area contributed by atoms with Gasteiger partial charge in [0.25, 0.3) is 0 Å². The highest BCUT2D eigenvalue weighted by molar-refractivity contribution is 9.10. The monoisotopic (exact) mass is 321 g/mol. The molecule has 0 fully saturated rings. The topological polar surface area (TPSA) is 85.3 Å².